The molecule has 0 saturated carbocycles. The van der Waals surface area contributed by atoms with Crippen LogP contribution in [-0.2, 0) is 16.1 Å². The summed E-state index contributed by atoms with van der Waals surface area (Å²) < 4.78 is 5.07. The number of hydrogen-bond acceptors (Lipinski definition) is 8. The molecule has 110 valence electrons. The van der Waals surface area contributed by atoms with Crippen molar-refractivity contribution in [1.29, 1.82) is 0 Å². The van der Waals surface area contributed by atoms with E-state index in [0.29, 0.717) is 25.5 Å². The SMILES string of the molecule is CCOC(=O)C1CCCN(Cc2nc(N)nc(N)n2)C1. The summed E-state index contributed by atoms with van der Waals surface area (Å²) in [6, 6.07) is 0. The molecule has 1 aromatic rings. The molecule has 1 saturated heterocycles. The molecule has 0 amide bonds. The maximum absolute atomic E-state index is 11.8. The molecule has 1 unspecified atom stereocenters. The predicted octanol–water partition coefficient (Wildman–Crippen LogP) is -0.189. The number of rotatable bonds is 4. The van der Waals surface area contributed by atoms with Crippen molar-refractivity contribution >= 4 is 17.9 Å². The third-order valence-electron chi connectivity index (χ3n) is 3.21. The van der Waals surface area contributed by atoms with Crippen molar-refractivity contribution in [3.63, 3.8) is 0 Å². The summed E-state index contributed by atoms with van der Waals surface area (Å²) in [5.41, 5.74) is 11.1. The number of esters is 1. The van der Waals surface area contributed by atoms with Gasteiger partial charge in [0.15, 0.2) is 0 Å². The number of anilines is 2. The molecule has 0 aromatic carbocycles. The zero-order valence-electron chi connectivity index (χ0n) is 11.6. The largest absolute Gasteiger partial charge is 0.466 e. The molecule has 1 fully saturated rings. The van der Waals surface area contributed by atoms with Crippen LogP contribution >= 0.6 is 0 Å². The van der Waals surface area contributed by atoms with Crippen molar-refractivity contribution in [2.75, 3.05) is 31.2 Å². The number of nitrogens with zero attached hydrogens (tertiary/aromatic N) is 4. The molecular formula is C12H20N6O2. The summed E-state index contributed by atoms with van der Waals surface area (Å²) in [5.74, 6) is 0.546. The van der Waals surface area contributed by atoms with Crippen molar-refractivity contribution in [3.8, 4) is 0 Å². The first-order valence-corrected chi connectivity index (χ1v) is 6.73. The highest BCUT2D eigenvalue weighted by Crippen LogP contribution is 2.19. The van der Waals surface area contributed by atoms with E-state index >= 15 is 0 Å². The van der Waals surface area contributed by atoms with Crippen LogP contribution in [0.3, 0.4) is 0 Å². The molecule has 1 aliphatic heterocycles. The molecule has 8 nitrogen and oxygen atoms in total. The monoisotopic (exact) mass is 280 g/mol. The minimum Gasteiger partial charge on any atom is -0.466 e. The second kappa shape index (κ2) is 6.47. The minimum absolute atomic E-state index is 0.0831. The summed E-state index contributed by atoms with van der Waals surface area (Å²) in [4.78, 5) is 25.7. The van der Waals surface area contributed by atoms with E-state index in [1.807, 2.05) is 6.92 Å². The fourth-order valence-electron chi connectivity index (χ4n) is 2.38. The molecular weight excluding hydrogens is 260 g/mol. The molecule has 4 N–H and O–H groups in total. The van der Waals surface area contributed by atoms with Crippen LogP contribution in [0.1, 0.15) is 25.6 Å². The number of carbonyl (C=O) groups is 1. The molecule has 0 bridgehead atoms. The Hall–Kier alpha value is -1.96. The molecule has 1 aromatic heterocycles. The second-order valence-corrected chi connectivity index (χ2v) is 4.79. The molecule has 2 heterocycles. The maximum atomic E-state index is 11.8. The Labute approximate surface area is 117 Å². The van der Waals surface area contributed by atoms with Gasteiger partial charge in [0, 0.05) is 6.54 Å². The fraction of sp³-hybridized carbons (Fsp3) is 0.667. The van der Waals surface area contributed by atoms with Crippen LogP contribution in [0.5, 0.6) is 0 Å². The van der Waals surface area contributed by atoms with E-state index < -0.39 is 0 Å². The number of ether oxygens (including phenoxy) is 1. The molecule has 20 heavy (non-hydrogen) atoms. The van der Waals surface area contributed by atoms with Gasteiger partial charge in [0.1, 0.15) is 5.82 Å². The Morgan fingerprint density at radius 1 is 1.35 bits per heavy atom. The van der Waals surface area contributed by atoms with Gasteiger partial charge in [-0.25, -0.2) is 0 Å². The van der Waals surface area contributed by atoms with Crippen LogP contribution < -0.4 is 11.5 Å². The molecule has 0 spiro atoms. The molecule has 8 heteroatoms. The molecule has 0 radical (unpaired) electrons. The Morgan fingerprint density at radius 2 is 2.05 bits per heavy atom. The standard InChI is InChI=1S/C12H20N6O2/c1-2-20-10(19)8-4-3-5-18(6-8)7-9-15-11(13)17-12(14)16-9/h8H,2-7H2,1H3,(H4,13,14,15,16,17). The summed E-state index contributed by atoms with van der Waals surface area (Å²) in [6.45, 7) is 4.27. The summed E-state index contributed by atoms with van der Waals surface area (Å²) in [5, 5.41) is 0. The Morgan fingerprint density at radius 3 is 2.70 bits per heavy atom. The number of aromatic nitrogens is 3. The fourth-order valence-corrected chi connectivity index (χ4v) is 2.38. The lowest BCUT2D eigenvalue weighted by molar-refractivity contribution is -0.150. The van der Waals surface area contributed by atoms with E-state index in [9.17, 15) is 4.79 Å². The summed E-state index contributed by atoms with van der Waals surface area (Å²) >= 11 is 0. The highest BCUT2D eigenvalue weighted by Gasteiger charge is 2.27. The molecule has 0 aliphatic carbocycles. The average Bonchev–Trinajstić information content (AvgIpc) is 2.38. The number of nitrogen functional groups attached to an aromatic ring is 2. The summed E-state index contributed by atoms with van der Waals surface area (Å²) in [6.07, 6.45) is 1.80. The van der Waals surface area contributed by atoms with Crippen LogP contribution in [0.25, 0.3) is 0 Å². The molecule has 1 atom stereocenters. The Kier molecular flexibility index (Phi) is 4.67. The number of hydrogen-bond donors (Lipinski definition) is 2. The second-order valence-electron chi connectivity index (χ2n) is 4.79. The summed E-state index contributed by atoms with van der Waals surface area (Å²) in [7, 11) is 0. The van der Waals surface area contributed by atoms with Crippen LogP contribution in [0.4, 0.5) is 11.9 Å². The van der Waals surface area contributed by atoms with E-state index in [1.54, 1.807) is 0 Å². The van der Waals surface area contributed by atoms with Gasteiger partial charge in [0.2, 0.25) is 11.9 Å². The highest BCUT2D eigenvalue weighted by atomic mass is 16.5. The lowest BCUT2D eigenvalue weighted by Crippen LogP contribution is -2.39. The number of nitrogens with two attached hydrogens (primary N) is 2. The van der Waals surface area contributed by atoms with E-state index in [0.717, 1.165) is 19.4 Å². The topological polar surface area (TPSA) is 120 Å². The highest BCUT2D eigenvalue weighted by molar-refractivity contribution is 5.72. The van der Waals surface area contributed by atoms with Crippen molar-refractivity contribution in [1.82, 2.24) is 19.9 Å². The lowest BCUT2D eigenvalue weighted by atomic mass is 9.98. The van der Waals surface area contributed by atoms with Crippen LogP contribution in [0.15, 0.2) is 0 Å². The van der Waals surface area contributed by atoms with Gasteiger partial charge in [0.05, 0.1) is 19.1 Å². The zero-order chi connectivity index (χ0) is 14.5. The first-order valence-electron chi connectivity index (χ1n) is 6.73. The normalized spacial score (nSPS) is 19.8. The van der Waals surface area contributed by atoms with Crippen molar-refractivity contribution < 1.29 is 9.53 Å². The van der Waals surface area contributed by atoms with Crippen LogP contribution in [0, 0.1) is 5.92 Å². The number of piperidine rings is 1. The van der Waals surface area contributed by atoms with Gasteiger partial charge >= 0.3 is 5.97 Å². The molecule has 1 aliphatic rings. The minimum atomic E-state index is -0.133. The van der Waals surface area contributed by atoms with Gasteiger partial charge in [-0.05, 0) is 26.3 Å². The van der Waals surface area contributed by atoms with E-state index in [1.165, 1.54) is 0 Å². The number of likely N-dealkylation sites (tertiary alicyclic amines) is 1. The van der Waals surface area contributed by atoms with Crippen LogP contribution in [0.2, 0.25) is 0 Å². The van der Waals surface area contributed by atoms with Crippen molar-refractivity contribution in [2.45, 2.75) is 26.3 Å². The first-order chi connectivity index (χ1) is 9.58. The van der Waals surface area contributed by atoms with Gasteiger partial charge in [-0.1, -0.05) is 0 Å². The predicted molar refractivity (Wildman–Crippen MR) is 73.3 cm³/mol. The van der Waals surface area contributed by atoms with Crippen molar-refractivity contribution in [2.24, 2.45) is 5.92 Å². The van der Waals surface area contributed by atoms with Crippen LogP contribution in [-0.4, -0.2) is 45.5 Å². The Balaban J connectivity index is 1.97. The number of carbonyl (C=O) groups excluding carboxylic acids is 1. The molecule has 2 rings (SSSR count). The van der Waals surface area contributed by atoms with Crippen molar-refractivity contribution in [3.05, 3.63) is 5.82 Å². The van der Waals surface area contributed by atoms with Gasteiger partial charge in [0.25, 0.3) is 0 Å². The van der Waals surface area contributed by atoms with E-state index in [4.69, 9.17) is 16.2 Å². The lowest BCUT2D eigenvalue weighted by Gasteiger charge is -2.30. The quantitative estimate of drug-likeness (QED) is 0.728. The van der Waals surface area contributed by atoms with Gasteiger partial charge in [-0.15, -0.1) is 0 Å². The maximum Gasteiger partial charge on any atom is 0.310 e. The average molecular weight is 280 g/mol. The van der Waals surface area contributed by atoms with Gasteiger partial charge < -0.3 is 16.2 Å². The smallest absolute Gasteiger partial charge is 0.310 e. The van der Waals surface area contributed by atoms with E-state index in [2.05, 4.69) is 19.9 Å². The van der Waals surface area contributed by atoms with E-state index in [-0.39, 0.29) is 23.8 Å². The zero-order valence-corrected chi connectivity index (χ0v) is 11.6. The third kappa shape index (κ3) is 3.77. The first kappa shape index (κ1) is 14.4. The van der Waals surface area contributed by atoms with Gasteiger partial charge in [-0.2, -0.15) is 15.0 Å². The van der Waals surface area contributed by atoms with Gasteiger partial charge in [-0.3, -0.25) is 9.69 Å². The Bertz CT molecular complexity index is 461. The third-order valence-corrected chi connectivity index (χ3v) is 3.21.